The Balaban J connectivity index is 2.75. The van der Waals surface area contributed by atoms with Gasteiger partial charge in [-0.2, -0.15) is 5.10 Å². The molecule has 0 fully saturated rings. The Morgan fingerprint density at radius 2 is 2.35 bits per heavy atom. The fourth-order valence-electron chi connectivity index (χ4n) is 1.75. The van der Waals surface area contributed by atoms with Crippen molar-refractivity contribution in [3.63, 3.8) is 0 Å². The summed E-state index contributed by atoms with van der Waals surface area (Å²) >= 11 is 6.15. The van der Waals surface area contributed by atoms with Crippen LogP contribution < -0.4 is 11.3 Å². The second-order valence-corrected chi connectivity index (χ2v) is 4.21. The van der Waals surface area contributed by atoms with E-state index in [9.17, 15) is 0 Å². The summed E-state index contributed by atoms with van der Waals surface area (Å²) in [7, 11) is 0. The Hall–Kier alpha value is -0.620. The Bertz CT molecular complexity index is 329. The van der Waals surface area contributed by atoms with Crippen LogP contribution >= 0.6 is 11.6 Å². The number of hydrazine groups is 1. The van der Waals surface area contributed by atoms with Crippen molar-refractivity contribution in [2.45, 2.75) is 39.3 Å². The van der Waals surface area contributed by atoms with E-state index in [-0.39, 0.29) is 6.04 Å². The number of ether oxygens (including phenoxy) is 1. The number of hydrogen-bond donors (Lipinski definition) is 2. The van der Waals surface area contributed by atoms with Crippen molar-refractivity contribution in [1.29, 1.82) is 0 Å². The highest BCUT2D eigenvalue weighted by atomic mass is 35.5. The van der Waals surface area contributed by atoms with Crippen LogP contribution in [0.4, 0.5) is 0 Å². The smallest absolute Gasteiger partial charge is 0.0834 e. The number of hydrogen-bond acceptors (Lipinski definition) is 4. The maximum Gasteiger partial charge on any atom is 0.0834 e. The standard InChI is InChI=1S/C11H21ClN4O/c1-3-6-16-11(9(12)8-14-16)10(15-13)5-7-17-4-2/h8,10,15H,3-7,13H2,1-2H3. The molecule has 0 saturated heterocycles. The molecule has 98 valence electrons. The van der Waals surface area contributed by atoms with E-state index in [0.29, 0.717) is 18.2 Å². The van der Waals surface area contributed by atoms with Crippen LogP contribution in [0.3, 0.4) is 0 Å². The van der Waals surface area contributed by atoms with E-state index < -0.39 is 0 Å². The molecule has 1 aromatic rings. The molecule has 1 aromatic heterocycles. The van der Waals surface area contributed by atoms with Gasteiger partial charge in [-0.15, -0.1) is 0 Å². The number of rotatable bonds is 8. The van der Waals surface area contributed by atoms with E-state index in [1.807, 2.05) is 11.6 Å². The lowest BCUT2D eigenvalue weighted by molar-refractivity contribution is 0.135. The van der Waals surface area contributed by atoms with Crippen LogP contribution in [0.25, 0.3) is 0 Å². The molecule has 1 atom stereocenters. The molecule has 0 aliphatic heterocycles. The number of nitrogens with one attached hydrogen (secondary N) is 1. The van der Waals surface area contributed by atoms with Crippen LogP contribution in [-0.2, 0) is 11.3 Å². The Morgan fingerprint density at radius 1 is 1.59 bits per heavy atom. The van der Waals surface area contributed by atoms with Gasteiger partial charge in [0.05, 0.1) is 23.0 Å². The molecule has 1 heterocycles. The summed E-state index contributed by atoms with van der Waals surface area (Å²) in [4.78, 5) is 0. The molecular weight excluding hydrogens is 240 g/mol. The summed E-state index contributed by atoms with van der Waals surface area (Å²) < 4.78 is 7.24. The normalized spacial score (nSPS) is 12.9. The first-order chi connectivity index (χ1) is 8.24. The fraction of sp³-hybridized carbons (Fsp3) is 0.727. The number of halogens is 1. The fourth-order valence-corrected chi connectivity index (χ4v) is 2.03. The van der Waals surface area contributed by atoms with E-state index >= 15 is 0 Å². The number of aryl methyl sites for hydroxylation is 1. The zero-order chi connectivity index (χ0) is 12.7. The second kappa shape index (κ2) is 7.66. The van der Waals surface area contributed by atoms with Crippen LogP contribution in [-0.4, -0.2) is 23.0 Å². The molecule has 0 amide bonds. The summed E-state index contributed by atoms with van der Waals surface area (Å²) in [5.41, 5.74) is 3.72. The molecule has 0 spiro atoms. The lowest BCUT2D eigenvalue weighted by Crippen LogP contribution is -2.31. The van der Waals surface area contributed by atoms with E-state index in [4.69, 9.17) is 22.2 Å². The average molecular weight is 261 g/mol. The van der Waals surface area contributed by atoms with Gasteiger partial charge in [-0.3, -0.25) is 16.0 Å². The van der Waals surface area contributed by atoms with Crippen molar-refractivity contribution in [1.82, 2.24) is 15.2 Å². The van der Waals surface area contributed by atoms with Gasteiger partial charge in [-0.25, -0.2) is 0 Å². The van der Waals surface area contributed by atoms with Gasteiger partial charge in [0.25, 0.3) is 0 Å². The minimum absolute atomic E-state index is 0.0249. The predicted octanol–water partition coefficient (Wildman–Crippen LogP) is 1.88. The summed E-state index contributed by atoms with van der Waals surface area (Å²) in [6.07, 6.45) is 3.45. The molecule has 3 N–H and O–H groups in total. The first-order valence-electron chi connectivity index (χ1n) is 5.99. The lowest BCUT2D eigenvalue weighted by atomic mass is 10.1. The van der Waals surface area contributed by atoms with Crippen molar-refractivity contribution < 1.29 is 4.74 Å². The van der Waals surface area contributed by atoms with Gasteiger partial charge in [0.1, 0.15) is 0 Å². The Kier molecular flexibility index (Phi) is 6.50. The largest absolute Gasteiger partial charge is 0.382 e. The van der Waals surface area contributed by atoms with Gasteiger partial charge in [0, 0.05) is 19.8 Å². The van der Waals surface area contributed by atoms with E-state index in [0.717, 1.165) is 25.1 Å². The lowest BCUT2D eigenvalue weighted by Gasteiger charge is -2.18. The molecule has 0 saturated carbocycles. The minimum Gasteiger partial charge on any atom is -0.382 e. The van der Waals surface area contributed by atoms with E-state index in [1.54, 1.807) is 6.20 Å². The maximum atomic E-state index is 6.15. The molecule has 6 heteroatoms. The third kappa shape index (κ3) is 3.96. The molecule has 0 aromatic carbocycles. The number of nitrogens with two attached hydrogens (primary N) is 1. The molecule has 17 heavy (non-hydrogen) atoms. The van der Waals surface area contributed by atoms with Gasteiger partial charge in [-0.1, -0.05) is 18.5 Å². The topological polar surface area (TPSA) is 65.1 Å². The van der Waals surface area contributed by atoms with E-state index in [1.165, 1.54) is 0 Å². The van der Waals surface area contributed by atoms with Crippen molar-refractivity contribution in [2.24, 2.45) is 5.84 Å². The molecule has 5 nitrogen and oxygen atoms in total. The van der Waals surface area contributed by atoms with Gasteiger partial charge in [-0.05, 0) is 19.8 Å². The molecular formula is C11H21ClN4O. The predicted molar refractivity (Wildman–Crippen MR) is 68.7 cm³/mol. The van der Waals surface area contributed by atoms with Gasteiger partial charge in [0.2, 0.25) is 0 Å². The van der Waals surface area contributed by atoms with Crippen LogP contribution in [0.1, 0.15) is 38.4 Å². The van der Waals surface area contributed by atoms with Crippen molar-refractivity contribution in [3.8, 4) is 0 Å². The van der Waals surface area contributed by atoms with Crippen molar-refractivity contribution >= 4 is 11.6 Å². The molecule has 0 aliphatic rings. The number of aromatic nitrogens is 2. The Labute approximate surface area is 107 Å². The quantitative estimate of drug-likeness (QED) is 0.426. The summed E-state index contributed by atoms with van der Waals surface area (Å²) in [6.45, 7) is 6.27. The SMILES string of the molecule is CCCn1ncc(Cl)c1C(CCOCC)NN. The molecule has 1 rings (SSSR count). The highest BCUT2D eigenvalue weighted by Gasteiger charge is 2.18. The van der Waals surface area contributed by atoms with Crippen LogP contribution in [0.15, 0.2) is 6.20 Å². The van der Waals surface area contributed by atoms with Crippen LogP contribution in [0, 0.1) is 0 Å². The molecule has 1 unspecified atom stereocenters. The van der Waals surface area contributed by atoms with Crippen molar-refractivity contribution in [3.05, 3.63) is 16.9 Å². The summed E-state index contributed by atoms with van der Waals surface area (Å²) in [5.74, 6) is 5.57. The third-order valence-electron chi connectivity index (χ3n) is 2.55. The minimum atomic E-state index is -0.0249. The highest BCUT2D eigenvalue weighted by Crippen LogP contribution is 2.24. The second-order valence-electron chi connectivity index (χ2n) is 3.81. The van der Waals surface area contributed by atoms with Crippen LogP contribution in [0.5, 0.6) is 0 Å². The summed E-state index contributed by atoms with van der Waals surface area (Å²) in [5, 5.41) is 4.90. The van der Waals surface area contributed by atoms with Crippen LogP contribution in [0.2, 0.25) is 5.02 Å². The average Bonchev–Trinajstić information content (AvgIpc) is 2.68. The van der Waals surface area contributed by atoms with Crippen molar-refractivity contribution in [2.75, 3.05) is 13.2 Å². The number of nitrogens with zero attached hydrogens (tertiary/aromatic N) is 2. The summed E-state index contributed by atoms with van der Waals surface area (Å²) in [6, 6.07) is -0.0249. The van der Waals surface area contributed by atoms with E-state index in [2.05, 4.69) is 17.4 Å². The zero-order valence-corrected chi connectivity index (χ0v) is 11.2. The third-order valence-corrected chi connectivity index (χ3v) is 2.85. The first-order valence-corrected chi connectivity index (χ1v) is 6.37. The Morgan fingerprint density at radius 3 is 2.94 bits per heavy atom. The highest BCUT2D eigenvalue weighted by molar-refractivity contribution is 6.31. The van der Waals surface area contributed by atoms with Gasteiger partial charge >= 0.3 is 0 Å². The first kappa shape index (κ1) is 14.4. The molecule has 0 aliphatic carbocycles. The maximum absolute atomic E-state index is 6.15. The molecule has 0 bridgehead atoms. The zero-order valence-electron chi connectivity index (χ0n) is 10.4. The van der Waals surface area contributed by atoms with Gasteiger partial charge < -0.3 is 4.74 Å². The van der Waals surface area contributed by atoms with Gasteiger partial charge in [0.15, 0.2) is 0 Å². The molecule has 0 radical (unpaired) electrons. The monoisotopic (exact) mass is 260 g/mol.